The molecule has 1 aromatic heterocycles. The van der Waals surface area contributed by atoms with Crippen LogP contribution in [0.25, 0.3) is 0 Å². The van der Waals surface area contributed by atoms with Gasteiger partial charge in [-0.2, -0.15) is 5.10 Å². The second-order valence-corrected chi connectivity index (χ2v) is 6.26. The molecule has 0 amide bonds. The Morgan fingerprint density at radius 3 is 2.90 bits per heavy atom. The molecule has 0 saturated heterocycles. The van der Waals surface area contributed by atoms with Crippen molar-refractivity contribution in [2.75, 3.05) is 17.2 Å². The minimum atomic E-state index is 0.564. The van der Waals surface area contributed by atoms with Crippen molar-refractivity contribution in [1.29, 1.82) is 0 Å². The largest absolute Gasteiger partial charge is 0.398 e. The van der Waals surface area contributed by atoms with Crippen LogP contribution in [0.3, 0.4) is 0 Å². The lowest BCUT2D eigenvalue weighted by atomic mass is 10.1. The number of fused-ring (bicyclic) bond motifs is 1. The van der Waals surface area contributed by atoms with Gasteiger partial charge in [0, 0.05) is 24.5 Å². The number of aromatic nitrogens is 3. The minimum absolute atomic E-state index is 0.564. The van der Waals surface area contributed by atoms with Crippen molar-refractivity contribution in [3.63, 3.8) is 0 Å². The molecule has 0 radical (unpaired) electrons. The van der Waals surface area contributed by atoms with Crippen LogP contribution < -0.4 is 10.6 Å². The van der Waals surface area contributed by atoms with Gasteiger partial charge in [0.25, 0.3) is 0 Å². The molecule has 3 rings (SSSR count). The van der Waals surface area contributed by atoms with E-state index in [2.05, 4.69) is 47.9 Å². The number of anilines is 2. The van der Waals surface area contributed by atoms with E-state index in [1.54, 1.807) is 6.33 Å². The monoisotopic (exact) mass is 285 g/mol. The number of hydrogen-bond acceptors (Lipinski definition) is 4. The molecule has 0 saturated carbocycles. The molecule has 1 aromatic carbocycles. The summed E-state index contributed by atoms with van der Waals surface area (Å²) in [5.41, 5.74) is 10.7. The number of nitrogen functional groups attached to an aromatic ring is 1. The zero-order chi connectivity index (χ0) is 15.0. The molecule has 0 bridgehead atoms. The first-order chi connectivity index (χ1) is 10.0. The Morgan fingerprint density at radius 1 is 1.33 bits per heavy atom. The summed E-state index contributed by atoms with van der Waals surface area (Å²) < 4.78 is 2.01. The maximum absolute atomic E-state index is 6.06. The number of hydrogen-bond donors (Lipinski definition) is 1. The first-order valence-electron chi connectivity index (χ1n) is 7.55. The topological polar surface area (TPSA) is 60.0 Å². The van der Waals surface area contributed by atoms with Crippen molar-refractivity contribution in [1.82, 2.24) is 14.8 Å². The molecule has 5 heteroatoms. The van der Waals surface area contributed by atoms with Gasteiger partial charge in [0.1, 0.15) is 12.2 Å². The Hall–Kier alpha value is -2.04. The van der Waals surface area contributed by atoms with Gasteiger partial charge in [-0.25, -0.2) is 9.67 Å². The van der Waals surface area contributed by atoms with Gasteiger partial charge in [-0.1, -0.05) is 19.9 Å². The third-order valence-corrected chi connectivity index (χ3v) is 4.03. The average molecular weight is 285 g/mol. The van der Waals surface area contributed by atoms with Gasteiger partial charge in [-0.05, 0) is 36.5 Å². The lowest BCUT2D eigenvalue weighted by Crippen LogP contribution is -2.23. The van der Waals surface area contributed by atoms with Crippen LogP contribution >= 0.6 is 0 Å². The fourth-order valence-corrected chi connectivity index (χ4v) is 2.89. The maximum Gasteiger partial charge on any atom is 0.146 e. The van der Waals surface area contributed by atoms with E-state index in [1.165, 1.54) is 16.8 Å². The summed E-state index contributed by atoms with van der Waals surface area (Å²) in [4.78, 5) is 6.78. The summed E-state index contributed by atoms with van der Waals surface area (Å²) in [7, 11) is 0. The fraction of sp³-hybridized carbons (Fsp3) is 0.500. The standard InChI is InChI=1S/C16H23N5/c1-11(2)8-21-16(18-10-19-21)9-20-5-4-13-6-12(3)14(17)7-15(13)20/h6-7,10-11H,4-5,8-9,17H2,1-3H3. The van der Waals surface area contributed by atoms with Crippen LogP contribution in [0.15, 0.2) is 18.5 Å². The lowest BCUT2D eigenvalue weighted by Gasteiger charge is -2.20. The highest BCUT2D eigenvalue weighted by molar-refractivity contribution is 5.67. The van der Waals surface area contributed by atoms with E-state index in [0.29, 0.717) is 5.92 Å². The van der Waals surface area contributed by atoms with E-state index in [0.717, 1.165) is 37.6 Å². The first-order valence-corrected chi connectivity index (χ1v) is 7.55. The number of nitrogens with two attached hydrogens (primary N) is 1. The van der Waals surface area contributed by atoms with Crippen molar-refractivity contribution in [3.05, 3.63) is 35.4 Å². The van der Waals surface area contributed by atoms with E-state index in [1.807, 2.05) is 4.68 Å². The Morgan fingerprint density at radius 2 is 2.14 bits per heavy atom. The predicted molar refractivity (Wildman–Crippen MR) is 85.2 cm³/mol. The Labute approximate surface area is 125 Å². The van der Waals surface area contributed by atoms with Gasteiger partial charge >= 0.3 is 0 Å². The normalized spacial score (nSPS) is 14.0. The van der Waals surface area contributed by atoms with Crippen LogP contribution in [0.1, 0.15) is 30.8 Å². The van der Waals surface area contributed by atoms with E-state index >= 15 is 0 Å². The molecule has 2 heterocycles. The van der Waals surface area contributed by atoms with Crippen LogP contribution in [-0.2, 0) is 19.5 Å². The van der Waals surface area contributed by atoms with Crippen LogP contribution in [0.5, 0.6) is 0 Å². The predicted octanol–water partition coefficient (Wildman–Crippen LogP) is 2.39. The third kappa shape index (κ3) is 2.73. The molecule has 1 aliphatic heterocycles. The average Bonchev–Trinajstić information content (AvgIpc) is 2.99. The van der Waals surface area contributed by atoms with E-state index in [-0.39, 0.29) is 0 Å². The zero-order valence-corrected chi connectivity index (χ0v) is 13.0. The number of benzene rings is 1. The third-order valence-electron chi connectivity index (χ3n) is 4.03. The molecule has 0 fully saturated rings. The van der Waals surface area contributed by atoms with Gasteiger partial charge < -0.3 is 10.6 Å². The van der Waals surface area contributed by atoms with Crippen LogP contribution in [-0.4, -0.2) is 21.3 Å². The molecule has 21 heavy (non-hydrogen) atoms. The highest BCUT2D eigenvalue weighted by atomic mass is 15.3. The van der Waals surface area contributed by atoms with Gasteiger partial charge in [0.15, 0.2) is 0 Å². The summed E-state index contributed by atoms with van der Waals surface area (Å²) >= 11 is 0. The Kier molecular flexibility index (Phi) is 3.57. The molecule has 0 spiro atoms. The Bertz CT molecular complexity index is 644. The SMILES string of the molecule is Cc1cc2c(cc1N)N(Cc1ncnn1CC(C)C)CC2. The molecule has 2 aromatic rings. The van der Waals surface area contributed by atoms with Gasteiger partial charge in [-0.3, -0.25) is 0 Å². The van der Waals surface area contributed by atoms with E-state index in [4.69, 9.17) is 5.73 Å². The number of rotatable bonds is 4. The lowest BCUT2D eigenvalue weighted by molar-refractivity contribution is 0.464. The molecule has 0 atom stereocenters. The smallest absolute Gasteiger partial charge is 0.146 e. The van der Waals surface area contributed by atoms with Crippen LogP contribution in [0.2, 0.25) is 0 Å². The quantitative estimate of drug-likeness (QED) is 0.876. The number of aryl methyl sites for hydroxylation is 1. The minimum Gasteiger partial charge on any atom is -0.398 e. The fourth-order valence-electron chi connectivity index (χ4n) is 2.89. The summed E-state index contributed by atoms with van der Waals surface area (Å²) in [6, 6.07) is 4.31. The summed E-state index contributed by atoms with van der Waals surface area (Å²) in [6.45, 7) is 9.18. The summed E-state index contributed by atoms with van der Waals surface area (Å²) in [5.74, 6) is 1.59. The molecule has 2 N–H and O–H groups in total. The zero-order valence-electron chi connectivity index (χ0n) is 13.0. The second-order valence-electron chi connectivity index (χ2n) is 6.26. The van der Waals surface area contributed by atoms with Crippen molar-refractivity contribution >= 4 is 11.4 Å². The van der Waals surface area contributed by atoms with Gasteiger partial charge in [-0.15, -0.1) is 0 Å². The second kappa shape index (κ2) is 5.39. The molecule has 112 valence electrons. The molecule has 1 aliphatic rings. The summed E-state index contributed by atoms with van der Waals surface area (Å²) in [5, 5.41) is 4.34. The van der Waals surface area contributed by atoms with E-state index in [9.17, 15) is 0 Å². The van der Waals surface area contributed by atoms with Crippen molar-refractivity contribution in [3.8, 4) is 0 Å². The van der Waals surface area contributed by atoms with Gasteiger partial charge in [0.2, 0.25) is 0 Å². The van der Waals surface area contributed by atoms with Gasteiger partial charge in [0.05, 0.1) is 6.54 Å². The molecular formula is C16H23N5. The Balaban J connectivity index is 1.83. The van der Waals surface area contributed by atoms with Crippen LogP contribution in [0.4, 0.5) is 11.4 Å². The van der Waals surface area contributed by atoms with E-state index < -0.39 is 0 Å². The molecular weight excluding hydrogens is 262 g/mol. The maximum atomic E-state index is 6.06. The molecule has 0 unspecified atom stereocenters. The molecule has 0 aliphatic carbocycles. The number of nitrogens with zero attached hydrogens (tertiary/aromatic N) is 4. The van der Waals surface area contributed by atoms with Crippen molar-refractivity contribution in [2.45, 2.75) is 40.3 Å². The molecule has 5 nitrogen and oxygen atoms in total. The summed E-state index contributed by atoms with van der Waals surface area (Å²) in [6.07, 6.45) is 2.73. The highest BCUT2D eigenvalue weighted by Crippen LogP contribution is 2.32. The van der Waals surface area contributed by atoms with Crippen LogP contribution in [0, 0.1) is 12.8 Å². The van der Waals surface area contributed by atoms with Crippen molar-refractivity contribution in [2.24, 2.45) is 5.92 Å². The first kappa shape index (κ1) is 13.9. The van der Waals surface area contributed by atoms with Crippen molar-refractivity contribution < 1.29 is 0 Å². The highest BCUT2D eigenvalue weighted by Gasteiger charge is 2.22.